The van der Waals surface area contributed by atoms with E-state index in [1.165, 1.54) is 6.07 Å². The van der Waals surface area contributed by atoms with Gasteiger partial charge < -0.3 is 4.57 Å². The van der Waals surface area contributed by atoms with Gasteiger partial charge in [-0.2, -0.15) is 5.26 Å². The predicted molar refractivity (Wildman–Crippen MR) is 82.2 cm³/mol. The summed E-state index contributed by atoms with van der Waals surface area (Å²) in [4.78, 5) is 0. The van der Waals surface area contributed by atoms with Crippen LogP contribution in [-0.2, 0) is 0 Å². The number of nitrogens with zero attached hydrogens (tertiary/aromatic N) is 2. The van der Waals surface area contributed by atoms with Crippen molar-refractivity contribution in [2.24, 2.45) is 0 Å². The molecule has 0 saturated carbocycles. The maximum Gasteiger partial charge on any atom is 0.126 e. The van der Waals surface area contributed by atoms with E-state index in [4.69, 9.17) is 0 Å². The van der Waals surface area contributed by atoms with Crippen LogP contribution in [-0.4, -0.2) is 4.57 Å². The molecule has 21 heavy (non-hydrogen) atoms. The third kappa shape index (κ3) is 1.92. The van der Waals surface area contributed by atoms with E-state index >= 15 is 0 Å². The van der Waals surface area contributed by atoms with Crippen molar-refractivity contribution in [2.45, 2.75) is 20.8 Å². The Balaban J connectivity index is 2.45. The molecule has 0 atom stereocenters. The van der Waals surface area contributed by atoms with Crippen LogP contribution in [0.15, 0.2) is 36.4 Å². The molecule has 0 fully saturated rings. The molecule has 1 heterocycles. The topological polar surface area (TPSA) is 28.7 Å². The van der Waals surface area contributed by atoms with E-state index in [0.717, 1.165) is 27.8 Å². The predicted octanol–water partition coefficient (Wildman–Crippen LogP) is 4.57. The highest BCUT2D eigenvalue weighted by atomic mass is 19.1. The molecule has 0 aliphatic rings. The lowest BCUT2D eigenvalue weighted by Gasteiger charge is -2.11. The molecular formula is C18H15FN2. The van der Waals surface area contributed by atoms with Crippen molar-refractivity contribution in [2.75, 3.05) is 0 Å². The maximum atomic E-state index is 13.5. The lowest BCUT2D eigenvalue weighted by atomic mass is 10.1. The van der Waals surface area contributed by atoms with Crippen molar-refractivity contribution < 1.29 is 4.39 Å². The van der Waals surface area contributed by atoms with Crippen LogP contribution < -0.4 is 0 Å². The number of para-hydroxylation sites is 1. The van der Waals surface area contributed by atoms with Crippen molar-refractivity contribution in [3.8, 4) is 11.8 Å². The highest BCUT2D eigenvalue weighted by molar-refractivity contribution is 5.91. The molecule has 0 amide bonds. The van der Waals surface area contributed by atoms with Crippen molar-refractivity contribution in [3.63, 3.8) is 0 Å². The number of hydrogen-bond donors (Lipinski definition) is 0. The molecule has 0 aliphatic heterocycles. The molecule has 0 bridgehead atoms. The highest BCUT2D eigenvalue weighted by Crippen LogP contribution is 2.31. The normalized spacial score (nSPS) is 10.8. The van der Waals surface area contributed by atoms with Gasteiger partial charge in [0.05, 0.1) is 11.1 Å². The largest absolute Gasteiger partial charge is 0.312 e. The lowest BCUT2D eigenvalue weighted by molar-refractivity contribution is 0.618. The van der Waals surface area contributed by atoms with Gasteiger partial charge in [0.25, 0.3) is 0 Å². The van der Waals surface area contributed by atoms with Gasteiger partial charge in [-0.3, -0.25) is 0 Å². The lowest BCUT2D eigenvalue weighted by Crippen LogP contribution is -1.99. The Morgan fingerprint density at radius 1 is 1.05 bits per heavy atom. The van der Waals surface area contributed by atoms with Crippen molar-refractivity contribution in [1.82, 2.24) is 4.57 Å². The number of aromatic nitrogens is 1. The van der Waals surface area contributed by atoms with E-state index in [9.17, 15) is 9.65 Å². The Kier molecular flexibility index (Phi) is 3.03. The van der Waals surface area contributed by atoms with Gasteiger partial charge in [0.15, 0.2) is 0 Å². The average Bonchev–Trinajstić information content (AvgIpc) is 2.75. The van der Waals surface area contributed by atoms with E-state index in [1.54, 1.807) is 13.0 Å². The molecular weight excluding hydrogens is 263 g/mol. The first-order valence-corrected chi connectivity index (χ1v) is 6.82. The zero-order valence-corrected chi connectivity index (χ0v) is 12.2. The van der Waals surface area contributed by atoms with E-state index in [2.05, 4.69) is 6.07 Å². The summed E-state index contributed by atoms with van der Waals surface area (Å²) in [6, 6.07) is 13.3. The third-order valence-electron chi connectivity index (χ3n) is 3.94. The monoisotopic (exact) mass is 278 g/mol. The van der Waals surface area contributed by atoms with Gasteiger partial charge in [-0.15, -0.1) is 0 Å². The molecule has 0 unspecified atom stereocenters. The van der Waals surface area contributed by atoms with Crippen LogP contribution in [0.4, 0.5) is 4.39 Å². The van der Waals surface area contributed by atoms with Gasteiger partial charge in [0, 0.05) is 16.8 Å². The van der Waals surface area contributed by atoms with Gasteiger partial charge in [0.2, 0.25) is 0 Å². The number of benzene rings is 2. The van der Waals surface area contributed by atoms with Crippen LogP contribution in [0.2, 0.25) is 0 Å². The average molecular weight is 278 g/mol. The van der Waals surface area contributed by atoms with E-state index in [0.29, 0.717) is 11.1 Å². The zero-order chi connectivity index (χ0) is 15.1. The molecule has 3 rings (SSSR count). The Morgan fingerprint density at radius 2 is 1.81 bits per heavy atom. The first kappa shape index (κ1) is 13.4. The smallest absolute Gasteiger partial charge is 0.126 e. The Morgan fingerprint density at radius 3 is 2.48 bits per heavy atom. The summed E-state index contributed by atoms with van der Waals surface area (Å²) >= 11 is 0. The molecule has 0 saturated heterocycles. The van der Waals surface area contributed by atoms with Gasteiger partial charge >= 0.3 is 0 Å². The zero-order valence-electron chi connectivity index (χ0n) is 12.2. The van der Waals surface area contributed by atoms with E-state index < -0.39 is 0 Å². The molecule has 104 valence electrons. The molecule has 0 spiro atoms. The molecule has 2 aromatic carbocycles. The molecule has 0 aliphatic carbocycles. The van der Waals surface area contributed by atoms with Gasteiger partial charge in [-0.1, -0.05) is 18.2 Å². The Hall–Kier alpha value is -2.60. The van der Waals surface area contributed by atoms with E-state index in [1.807, 2.05) is 42.7 Å². The highest BCUT2D eigenvalue weighted by Gasteiger charge is 2.16. The fourth-order valence-corrected chi connectivity index (χ4v) is 2.86. The quantitative estimate of drug-likeness (QED) is 0.641. The first-order valence-electron chi connectivity index (χ1n) is 6.82. The SMILES string of the molecule is Cc1cc(-n2c(C)c(C#N)c3cccc(C)c32)ccc1F. The minimum Gasteiger partial charge on any atom is -0.312 e. The number of aryl methyl sites for hydroxylation is 2. The van der Waals surface area contributed by atoms with Crippen LogP contribution in [0.25, 0.3) is 16.6 Å². The minimum atomic E-state index is -0.218. The summed E-state index contributed by atoms with van der Waals surface area (Å²) in [6.45, 7) is 5.70. The van der Waals surface area contributed by atoms with Crippen molar-refractivity contribution >= 4 is 10.9 Å². The van der Waals surface area contributed by atoms with Crippen LogP contribution >= 0.6 is 0 Å². The maximum absolute atomic E-state index is 13.5. The number of nitriles is 1. The van der Waals surface area contributed by atoms with Gasteiger partial charge in [-0.25, -0.2) is 4.39 Å². The number of fused-ring (bicyclic) bond motifs is 1. The van der Waals surface area contributed by atoms with Crippen molar-refractivity contribution in [3.05, 3.63) is 64.6 Å². The standard InChI is InChI=1S/C18H15FN2/c1-11-5-4-6-15-16(10-20)13(3)21(18(11)15)14-7-8-17(19)12(2)9-14/h4-9H,1-3H3. The van der Waals surface area contributed by atoms with Gasteiger partial charge in [-0.05, 0) is 50.1 Å². The Labute approximate surface area is 123 Å². The molecule has 0 radical (unpaired) electrons. The Bertz CT molecular complexity index is 898. The number of hydrogen-bond acceptors (Lipinski definition) is 1. The molecule has 3 aromatic rings. The molecule has 2 nitrogen and oxygen atoms in total. The third-order valence-corrected chi connectivity index (χ3v) is 3.94. The fraction of sp³-hybridized carbons (Fsp3) is 0.167. The fourth-order valence-electron chi connectivity index (χ4n) is 2.86. The number of halogens is 1. The van der Waals surface area contributed by atoms with Crippen LogP contribution in [0, 0.1) is 37.9 Å². The summed E-state index contributed by atoms with van der Waals surface area (Å²) < 4.78 is 15.6. The van der Waals surface area contributed by atoms with E-state index in [-0.39, 0.29) is 5.82 Å². The van der Waals surface area contributed by atoms with Crippen LogP contribution in [0.3, 0.4) is 0 Å². The number of rotatable bonds is 1. The summed E-state index contributed by atoms with van der Waals surface area (Å²) in [5, 5.41) is 10.4. The minimum absolute atomic E-state index is 0.218. The first-order chi connectivity index (χ1) is 10.0. The summed E-state index contributed by atoms with van der Waals surface area (Å²) in [6.07, 6.45) is 0. The second-order valence-corrected chi connectivity index (χ2v) is 5.31. The second-order valence-electron chi connectivity index (χ2n) is 5.31. The van der Waals surface area contributed by atoms with Crippen LogP contribution in [0.1, 0.15) is 22.4 Å². The molecule has 1 aromatic heterocycles. The van der Waals surface area contributed by atoms with Crippen molar-refractivity contribution in [1.29, 1.82) is 5.26 Å². The van der Waals surface area contributed by atoms with Crippen LogP contribution in [0.5, 0.6) is 0 Å². The summed E-state index contributed by atoms with van der Waals surface area (Å²) in [5.74, 6) is -0.218. The second kappa shape index (κ2) is 4.75. The molecule has 3 heteroatoms. The summed E-state index contributed by atoms with van der Waals surface area (Å²) in [7, 11) is 0. The van der Waals surface area contributed by atoms with Gasteiger partial charge in [0.1, 0.15) is 11.9 Å². The molecule has 0 N–H and O–H groups in total. The summed E-state index contributed by atoms with van der Waals surface area (Å²) in [5.41, 5.74) is 5.15.